The minimum atomic E-state index is -0.517. The van der Waals surface area contributed by atoms with Crippen molar-refractivity contribution in [2.75, 3.05) is 6.54 Å². The van der Waals surface area contributed by atoms with Crippen LogP contribution < -0.4 is 5.73 Å². The van der Waals surface area contributed by atoms with Crippen molar-refractivity contribution in [2.45, 2.75) is 31.3 Å². The van der Waals surface area contributed by atoms with E-state index in [1.54, 1.807) is 6.20 Å². The molecule has 0 radical (unpaired) electrons. The van der Waals surface area contributed by atoms with Crippen molar-refractivity contribution in [2.24, 2.45) is 12.8 Å². The quantitative estimate of drug-likeness (QED) is 0.890. The second-order valence-corrected chi connectivity index (χ2v) is 6.94. The Balaban J connectivity index is 1.71. The van der Waals surface area contributed by atoms with Gasteiger partial charge >= 0.3 is 0 Å². The summed E-state index contributed by atoms with van der Waals surface area (Å²) in [5.74, 6) is 0.949. The lowest BCUT2D eigenvalue weighted by molar-refractivity contribution is -0.133. The van der Waals surface area contributed by atoms with Gasteiger partial charge in [0.1, 0.15) is 5.82 Å². The Morgan fingerprint density at radius 1 is 1.43 bits per heavy atom. The Hall–Kier alpha value is -1.66. The number of likely N-dealkylation sites (tertiary alicyclic amines) is 1. The zero-order valence-electron chi connectivity index (χ0n) is 13.2. The number of nitrogens with two attached hydrogens (primary N) is 1. The van der Waals surface area contributed by atoms with Crippen LogP contribution in [0.25, 0.3) is 0 Å². The second-order valence-electron chi connectivity index (χ2n) is 6.02. The lowest BCUT2D eigenvalue weighted by atomic mass is 10.1. The van der Waals surface area contributed by atoms with Crippen LogP contribution in [-0.2, 0) is 18.3 Å². The fraction of sp³-hybridized carbons (Fsp3) is 0.412. The molecule has 2 heterocycles. The van der Waals surface area contributed by atoms with Gasteiger partial charge in [-0.25, -0.2) is 4.98 Å². The Kier molecular flexibility index (Phi) is 4.82. The molecule has 1 aromatic carbocycles. The highest BCUT2D eigenvalue weighted by molar-refractivity contribution is 9.10. The summed E-state index contributed by atoms with van der Waals surface area (Å²) >= 11 is 3.42. The summed E-state index contributed by atoms with van der Waals surface area (Å²) in [6.07, 6.45) is 6.18. The summed E-state index contributed by atoms with van der Waals surface area (Å²) in [6.45, 7) is 0.754. The summed E-state index contributed by atoms with van der Waals surface area (Å²) in [6, 6.07) is 7.46. The lowest BCUT2D eigenvalue weighted by Gasteiger charge is -2.27. The normalized spacial score (nSPS) is 19.1. The summed E-state index contributed by atoms with van der Waals surface area (Å²) in [5.41, 5.74) is 7.26. The van der Waals surface area contributed by atoms with E-state index in [0.717, 1.165) is 35.2 Å². The Morgan fingerprint density at radius 3 is 2.83 bits per heavy atom. The number of carbonyl (C=O) groups is 1. The molecule has 0 bridgehead atoms. The van der Waals surface area contributed by atoms with E-state index in [0.29, 0.717) is 6.42 Å². The molecule has 1 amide bonds. The summed E-state index contributed by atoms with van der Waals surface area (Å²) in [5, 5.41) is 0. The summed E-state index contributed by atoms with van der Waals surface area (Å²) in [4.78, 5) is 19.1. The van der Waals surface area contributed by atoms with E-state index < -0.39 is 6.04 Å². The van der Waals surface area contributed by atoms with Gasteiger partial charge in [-0.1, -0.05) is 28.1 Å². The van der Waals surface area contributed by atoms with Crippen LogP contribution in [0.4, 0.5) is 0 Å². The van der Waals surface area contributed by atoms with E-state index in [9.17, 15) is 4.79 Å². The van der Waals surface area contributed by atoms with Gasteiger partial charge in [0.15, 0.2) is 0 Å². The largest absolute Gasteiger partial charge is 0.336 e. The number of aromatic nitrogens is 2. The van der Waals surface area contributed by atoms with Gasteiger partial charge in [-0.05, 0) is 37.0 Å². The molecule has 1 aromatic heterocycles. The predicted molar refractivity (Wildman–Crippen MR) is 92.7 cm³/mol. The first-order valence-electron chi connectivity index (χ1n) is 7.84. The number of benzene rings is 1. The summed E-state index contributed by atoms with van der Waals surface area (Å²) in [7, 11) is 1.96. The standard InChI is InChI=1S/C17H21BrN4O/c1-21-10-8-20-16(21)15-3-2-9-22(15)17(23)14(19)11-12-4-6-13(18)7-5-12/h4-8,10,14-15H,2-3,9,11,19H2,1H3/t14-,15?/m0/s1. The van der Waals surface area contributed by atoms with Gasteiger partial charge in [0.05, 0.1) is 12.1 Å². The van der Waals surface area contributed by atoms with Gasteiger partial charge in [0.25, 0.3) is 0 Å². The second kappa shape index (κ2) is 6.84. The SMILES string of the molecule is Cn1ccnc1C1CCCN1C(=O)[C@@H](N)Cc1ccc(Br)cc1. The molecule has 0 saturated carbocycles. The molecule has 0 spiro atoms. The smallest absolute Gasteiger partial charge is 0.240 e. The Labute approximate surface area is 144 Å². The fourth-order valence-electron chi connectivity index (χ4n) is 3.17. The number of rotatable bonds is 4. The van der Waals surface area contributed by atoms with E-state index in [2.05, 4.69) is 20.9 Å². The van der Waals surface area contributed by atoms with Crippen LogP contribution in [0.2, 0.25) is 0 Å². The average Bonchev–Trinajstić information content (AvgIpc) is 3.17. The lowest BCUT2D eigenvalue weighted by Crippen LogP contribution is -2.45. The van der Waals surface area contributed by atoms with Crippen LogP contribution in [0.3, 0.4) is 0 Å². The van der Waals surface area contributed by atoms with E-state index in [1.165, 1.54) is 0 Å². The maximum atomic E-state index is 12.8. The predicted octanol–water partition coefficient (Wildman–Crippen LogP) is 2.42. The maximum absolute atomic E-state index is 12.8. The Morgan fingerprint density at radius 2 is 2.17 bits per heavy atom. The Bertz CT molecular complexity index is 682. The number of imidazole rings is 1. The molecule has 1 aliphatic heterocycles. The van der Waals surface area contributed by atoms with Crippen LogP contribution in [-0.4, -0.2) is 32.9 Å². The van der Waals surface area contributed by atoms with Crippen LogP contribution >= 0.6 is 15.9 Å². The van der Waals surface area contributed by atoms with Crippen molar-refractivity contribution in [3.05, 3.63) is 52.5 Å². The van der Waals surface area contributed by atoms with Crippen molar-refractivity contribution in [1.82, 2.24) is 14.5 Å². The van der Waals surface area contributed by atoms with Crippen molar-refractivity contribution in [3.8, 4) is 0 Å². The van der Waals surface area contributed by atoms with Crippen LogP contribution in [0.15, 0.2) is 41.1 Å². The first kappa shape index (κ1) is 16.2. The molecule has 2 atom stereocenters. The van der Waals surface area contributed by atoms with Gasteiger partial charge in [0, 0.05) is 30.5 Å². The minimum Gasteiger partial charge on any atom is -0.336 e. The zero-order valence-corrected chi connectivity index (χ0v) is 14.7. The molecule has 1 aliphatic rings. The first-order valence-corrected chi connectivity index (χ1v) is 8.63. The minimum absolute atomic E-state index is 0.0124. The zero-order chi connectivity index (χ0) is 16.4. The number of carbonyl (C=O) groups excluding carboxylic acids is 1. The maximum Gasteiger partial charge on any atom is 0.240 e. The molecule has 3 rings (SSSR count). The summed E-state index contributed by atoms with van der Waals surface area (Å²) < 4.78 is 3.01. The molecular weight excluding hydrogens is 356 g/mol. The van der Waals surface area contributed by atoms with Crippen molar-refractivity contribution < 1.29 is 4.79 Å². The average molecular weight is 377 g/mol. The molecule has 0 aliphatic carbocycles. The molecule has 5 nitrogen and oxygen atoms in total. The topological polar surface area (TPSA) is 64.2 Å². The van der Waals surface area contributed by atoms with E-state index >= 15 is 0 Å². The highest BCUT2D eigenvalue weighted by Gasteiger charge is 2.34. The third kappa shape index (κ3) is 3.48. The molecule has 122 valence electrons. The van der Waals surface area contributed by atoms with Crippen molar-refractivity contribution in [3.63, 3.8) is 0 Å². The molecule has 23 heavy (non-hydrogen) atoms. The number of amides is 1. The molecule has 1 unspecified atom stereocenters. The molecule has 1 fully saturated rings. The molecular formula is C17H21BrN4O. The highest BCUT2D eigenvalue weighted by atomic mass is 79.9. The number of hydrogen-bond donors (Lipinski definition) is 1. The monoisotopic (exact) mass is 376 g/mol. The van der Waals surface area contributed by atoms with Crippen LogP contribution in [0, 0.1) is 0 Å². The van der Waals surface area contributed by atoms with Gasteiger partial charge in [0.2, 0.25) is 5.91 Å². The number of halogens is 1. The molecule has 2 N–H and O–H groups in total. The van der Waals surface area contributed by atoms with Gasteiger partial charge in [-0.2, -0.15) is 0 Å². The molecule has 1 saturated heterocycles. The van der Waals surface area contributed by atoms with Crippen molar-refractivity contribution in [1.29, 1.82) is 0 Å². The molecule has 2 aromatic rings. The number of hydrogen-bond acceptors (Lipinski definition) is 3. The van der Waals surface area contributed by atoms with E-state index in [-0.39, 0.29) is 11.9 Å². The first-order chi connectivity index (χ1) is 11.1. The van der Waals surface area contributed by atoms with Crippen LogP contribution in [0.5, 0.6) is 0 Å². The fourth-order valence-corrected chi connectivity index (χ4v) is 3.44. The number of aryl methyl sites for hydroxylation is 1. The van der Waals surface area contributed by atoms with Gasteiger partial charge in [-0.15, -0.1) is 0 Å². The van der Waals surface area contributed by atoms with Gasteiger partial charge in [-0.3, -0.25) is 4.79 Å². The van der Waals surface area contributed by atoms with E-state index in [1.807, 2.05) is 47.0 Å². The van der Waals surface area contributed by atoms with E-state index in [4.69, 9.17) is 5.73 Å². The number of nitrogens with zero attached hydrogens (tertiary/aromatic N) is 3. The van der Waals surface area contributed by atoms with Crippen molar-refractivity contribution >= 4 is 21.8 Å². The third-order valence-corrected chi connectivity index (χ3v) is 4.91. The van der Waals surface area contributed by atoms with Gasteiger partial charge < -0.3 is 15.2 Å². The molecule has 6 heteroatoms. The third-order valence-electron chi connectivity index (χ3n) is 4.38. The van der Waals surface area contributed by atoms with Crippen LogP contribution in [0.1, 0.15) is 30.3 Å². The highest BCUT2D eigenvalue weighted by Crippen LogP contribution is 2.31.